The van der Waals surface area contributed by atoms with Crippen LogP contribution in [0.1, 0.15) is 36.9 Å². The number of hydrogen-bond donors (Lipinski definition) is 1. The van der Waals surface area contributed by atoms with Crippen LogP contribution in [0.25, 0.3) is 0 Å². The van der Waals surface area contributed by atoms with Crippen LogP contribution < -0.4 is 5.73 Å². The highest BCUT2D eigenvalue weighted by Crippen LogP contribution is 2.38. The van der Waals surface area contributed by atoms with Gasteiger partial charge in [0.2, 0.25) is 5.89 Å². The van der Waals surface area contributed by atoms with E-state index in [0.717, 1.165) is 37.8 Å². The molecule has 0 unspecified atom stereocenters. The first-order valence-electron chi connectivity index (χ1n) is 5.61. The minimum Gasteiger partial charge on any atom is -0.338 e. The van der Waals surface area contributed by atoms with Crippen LogP contribution in [0.15, 0.2) is 4.52 Å². The molecule has 2 aliphatic rings. The Kier molecular flexibility index (Phi) is 3.47. The summed E-state index contributed by atoms with van der Waals surface area (Å²) < 4.78 is 5.22. The molecule has 0 amide bonds. The van der Waals surface area contributed by atoms with Crippen molar-refractivity contribution in [2.24, 2.45) is 5.73 Å². The van der Waals surface area contributed by atoms with Gasteiger partial charge in [0, 0.05) is 25.0 Å². The maximum absolute atomic E-state index is 5.83. The van der Waals surface area contributed by atoms with Gasteiger partial charge in [0.05, 0.1) is 6.54 Å². The second kappa shape index (κ2) is 4.69. The molecule has 0 bridgehead atoms. The number of rotatable bonds is 3. The highest BCUT2D eigenvalue weighted by atomic mass is 35.5. The summed E-state index contributed by atoms with van der Waals surface area (Å²) in [4.78, 5) is 6.67. The zero-order chi connectivity index (χ0) is 10.3. The Bertz CT molecular complexity index is 352. The highest BCUT2D eigenvalue weighted by Gasteiger charge is 2.29. The third-order valence-corrected chi connectivity index (χ3v) is 3.09. The number of nitrogens with two attached hydrogens (primary N) is 1. The van der Waals surface area contributed by atoms with Gasteiger partial charge in [-0.1, -0.05) is 5.16 Å². The summed E-state index contributed by atoms with van der Waals surface area (Å²) in [7, 11) is 0. The van der Waals surface area contributed by atoms with E-state index in [2.05, 4.69) is 15.0 Å². The maximum atomic E-state index is 5.83. The van der Waals surface area contributed by atoms with E-state index in [4.69, 9.17) is 10.3 Å². The van der Waals surface area contributed by atoms with Gasteiger partial charge in [0.25, 0.3) is 0 Å². The van der Waals surface area contributed by atoms with Crippen LogP contribution in [0.3, 0.4) is 0 Å². The largest absolute Gasteiger partial charge is 0.338 e. The first kappa shape index (κ1) is 11.8. The van der Waals surface area contributed by atoms with Gasteiger partial charge in [-0.2, -0.15) is 4.98 Å². The molecule has 1 aromatic rings. The lowest BCUT2D eigenvalue weighted by Gasteiger charge is -2.10. The lowest BCUT2D eigenvalue weighted by molar-refractivity contribution is 0.265. The third kappa shape index (κ3) is 2.53. The first-order chi connectivity index (χ1) is 7.31. The Labute approximate surface area is 101 Å². The van der Waals surface area contributed by atoms with Crippen LogP contribution >= 0.6 is 12.4 Å². The van der Waals surface area contributed by atoms with Gasteiger partial charge in [-0.15, -0.1) is 12.4 Å². The van der Waals surface area contributed by atoms with Gasteiger partial charge in [0.15, 0.2) is 5.82 Å². The van der Waals surface area contributed by atoms with Crippen molar-refractivity contribution in [2.75, 3.05) is 13.1 Å². The molecule has 1 saturated carbocycles. The Hall–Kier alpha value is -0.650. The topological polar surface area (TPSA) is 68.2 Å². The molecule has 2 fully saturated rings. The Morgan fingerprint density at radius 3 is 2.81 bits per heavy atom. The van der Waals surface area contributed by atoms with Crippen molar-refractivity contribution in [3.05, 3.63) is 11.7 Å². The van der Waals surface area contributed by atoms with Crippen molar-refractivity contribution in [1.29, 1.82) is 0 Å². The molecule has 1 aromatic heterocycles. The van der Waals surface area contributed by atoms with Crippen LogP contribution in [0.2, 0.25) is 0 Å². The highest BCUT2D eigenvalue weighted by molar-refractivity contribution is 5.85. The lowest BCUT2D eigenvalue weighted by Crippen LogP contribution is -2.26. The molecule has 90 valence electrons. The third-order valence-electron chi connectivity index (χ3n) is 3.09. The Morgan fingerprint density at radius 2 is 2.19 bits per heavy atom. The lowest BCUT2D eigenvalue weighted by atomic mass is 10.3. The monoisotopic (exact) mass is 244 g/mol. The maximum Gasteiger partial charge on any atom is 0.240 e. The quantitative estimate of drug-likeness (QED) is 0.856. The molecule has 2 N–H and O–H groups in total. The smallest absolute Gasteiger partial charge is 0.240 e. The molecular formula is C10H17ClN4O. The SMILES string of the molecule is Cl.N[C@H]1CCN(Cc2nc(C3CC3)no2)C1. The van der Waals surface area contributed by atoms with E-state index < -0.39 is 0 Å². The van der Waals surface area contributed by atoms with E-state index in [1.165, 1.54) is 12.8 Å². The minimum absolute atomic E-state index is 0. The molecule has 0 spiro atoms. The predicted molar refractivity (Wildman–Crippen MR) is 61.4 cm³/mol. The molecule has 0 aromatic carbocycles. The molecule has 16 heavy (non-hydrogen) atoms. The van der Waals surface area contributed by atoms with E-state index >= 15 is 0 Å². The van der Waals surface area contributed by atoms with Crippen molar-refractivity contribution in [3.63, 3.8) is 0 Å². The summed E-state index contributed by atoms with van der Waals surface area (Å²) in [6.07, 6.45) is 3.50. The van der Waals surface area contributed by atoms with Crippen LogP contribution in [-0.2, 0) is 6.54 Å². The molecule has 6 heteroatoms. The summed E-state index contributed by atoms with van der Waals surface area (Å²) >= 11 is 0. The number of aromatic nitrogens is 2. The van der Waals surface area contributed by atoms with E-state index in [-0.39, 0.29) is 12.4 Å². The average Bonchev–Trinajstić information content (AvgIpc) is 2.84. The molecular weight excluding hydrogens is 228 g/mol. The molecule has 2 heterocycles. The summed E-state index contributed by atoms with van der Waals surface area (Å²) in [6.45, 7) is 2.75. The van der Waals surface area contributed by atoms with E-state index in [1.807, 2.05) is 0 Å². The van der Waals surface area contributed by atoms with E-state index in [0.29, 0.717) is 12.0 Å². The van der Waals surface area contributed by atoms with Gasteiger partial charge in [0.1, 0.15) is 0 Å². The number of nitrogens with zero attached hydrogens (tertiary/aromatic N) is 3. The van der Waals surface area contributed by atoms with Gasteiger partial charge in [-0.05, 0) is 19.3 Å². The van der Waals surface area contributed by atoms with Crippen LogP contribution in [0, 0.1) is 0 Å². The number of hydrogen-bond acceptors (Lipinski definition) is 5. The summed E-state index contributed by atoms with van der Waals surface area (Å²) in [6, 6.07) is 0.316. The predicted octanol–water partition coefficient (Wildman–Crippen LogP) is 0.902. The summed E-state index contributed by atoms with van der Waals surface area (Å²) in [5.41, 5.74) is 5.83. The fourth-order valence-electron chi connectivity index (χ4n) is 2.04. The second-order valence-electron chi connectivity index (χ2n) is 4.60. The van der Waals surface area contributed by atoms with Crippen molar-refractivity contribution in [2.45, 2.75) is 37.8 Å². The van der Waals surface area contributed by atoms with Crippen LogP contribution in [0.4, 0.5) is 0 Å². The molecule has 1 saturated heterocycles. The van der Waals surface area contributed by atoms with Crippen LogP contribution in [-0.4, -0.2) is 34.2 Å². The molecule has 5 nitrogen and oxygen atoms in total. The van der Waals surface area contributed by atoms with Gasteiger partial charge in [-0.25, -0.2) is 0 Å². The fraction of sp³-hybridized carbons (Fsp3) is 0.800. The Morgan fingerprint density at radius 1 is 1.38 bits per heavy atom. The normalized spacial score (nSPS) is 25.7. The average molecular weight is 245 g/mol. The summed E-state index contributed by atoms with van der Waals surface area (Å²) in [5.74, 6) is 2.21. The van der Waals surface area contributed by atoms with E-state index in [1.54, 1.807) is 0 Å². The fourth-order valence-corrected chi connectivity index (χ4v) is 2.04. The van der Waals surface area contributed by atoms with Crippen molar-refractivity contribution in [1.82, 2.24) is 15.0 Å². The van der Waals surface area contributed by atoms with Gasteiger partial charge < -0.3 is 10.3 Å². The molecule has 1 aliphatic carbocycles. The first-order valence-corrected chi connectivity index (χ1v) is 5.61. The van der Waals surface area contributed by atoms with Crippen LogP contribution in [0.5, 0.6) is 0 Å². The molecule has 3 rings (SSSR count). The standard InChI is InChI=1S/C10H16N4O.ClH/c11-8-3-4-14(5-8)6-9-12-10(13-15-9)7-1-2-7;/h7-8H,1-6,11H2;1H/t8-;/m0./s1. The van der Waals surface area contributed by atoms with Gasteiger partial charge >= 0.3 is 0 Å². The van der Waals surface area contributed by atoms with Crippen molar-refractivity contribution < 1.29 is 4.52 Å². The summed E-state index contributed by atoms with van der Waals surface area (Å²) in [5, 5.41) is 4.00. The number of likely N-dealkylation sites (tertiary alicyclic amines) is 1. The Balaban J connectivity index is 0.000000963. The molecule has 0 radical (unpaired) electrons. The van der Waals surface area contributed by atoms with Crippen molar-refractivity contribution in [3.8, 4) is 0 Å². The van der Waals surface area contributed by atoms with E-state index in [9.17, 15) is 0 Å². The van der Waals surface area contributed by atoms with Gasteiger partial charge in [-0.3, -0.25) is 4.90 Å². The zero-order valence-electron chi connectivity index (χ0n) is 9.13. The zero-order valence-corrected chi connectivity index (χ0v) is 9.95. The van der Waals surface area contributed by atoms with Crippen molar-refractivity contribution >= 4 is 12.4 Å². The number of halogens is 1. The molecule has 1 atom stereocenters. The second-order valence-corrected chi connectivity index (χ2v) is 4.60. The minimum atomic E-state index is 0. The molecule has 1 aliphatic heterocycles.